The Morgan fingerprint density at radius 2 is 1.82 bits per heavy atom. The molecule has 0 spiro atoms. The lowest BCUT2D eigenvalue weighted by Crippen LogP contribution is -2.01. The first kappa shape index (κ1) is 14.3. The molecular formula is C20H19NO. The van der Waals surface area contributed by atoms with Crippen LogP contribution in [0.4, 0.5) is 0 Å². The van der Waals surface area contributed by atoms with Gasteiger partial charge in [0.05, 0.1) is 0 Å². The minimum atomic E-state index is 0.0915. The van der Waals surface area contributed by atoms with E-state index >= 15 is 0 Å². The minimum Gasteiger partial charge on any atom is -0.361 e. The van der Waals surface area contributed by atoms with E-state index in [0.29, 0.717) is 6.42 Å². The van der Waals surface area contributed by atoms with Gasteiger partial charge in [-0.05, 0) is 24.1 Å². The Balaban J connectivity index is 1.96. The summed E-state index contributed by atoms with van der Waals surface area (Å²) < 4.78 is 0. The summed E-state index contributed by atoms with van der Waals surface area (Å²) in [4.78, 5) is 14.9. The molecule has 1 atom stereocenters. The van der Waals surface area contributed by atoms with Crippen LogP contribution in [0, 0.1) is 0 Å². The van der Waals surface area contributed by atoms with Crippen molar-refractivity contribution >= 4 is 22.8 Å². The number of benzene rings is 2. The molecule has 0 amide bonds. The molecule has 0 aliphatic rings. The number of allylic oxidation sites excluding steroid dienone is 1. The Kier molecular flexibility index (Phi) is 4.19. The largest absolute Gasteiger partial charge is 0.361 e. The minimum absolute atomic E-state index is 0.0915. The first-order valence-electron chi connectivity index (χ1n) is 7.53. The molecule has 0 unspecified atom stereocenters. The molecule has 1 N–H and O–H groups in total. The second-order valence-electron chi connectivity index (χ2n) is 5.57. The maximum atomic E-state index is 11.7. The van der Waals surface area contributed by atoms with Gasteiger partial charge in [0.25, 0.3) is 0 Å². The highest BCUT2D eigenvalue weighted by Gasteiger charge is 2.15. The number of para-hydroxylation sites is 1. The van der Waals surface area contributed by atoms with Crippen LogP contribution >= 0.6 is 0 Å². The first-order chi connectivity index (χ1) is 10.7. The van der Waals surface area contributed by atoms with E-state index in [4.69, 9.17) is 0 Å². The van der Waals surface area contributed by atoms with Gasteiger partial charge in [-0.2, -0.15) is 0 Å². The fraction of sp³-hybridized carbons (Fsp3) is 0.150. The summed E-state index contributed by atoms with van der Waals surface area (Å²) in [5.74, 6) is 0.293. The highest BCUT2D eigenvalue weighted by Crippen LogP contribution is 2.29. The molecule has 0 fully saturated rings. The number of hydrogen-bond donors (Lipinski definition) is 1. The van der Waals surface area contributed by atoms with Gasteiger partial charge in [-0.3, -0.25) is 4.79 Å². The quantitative estimate of drug-likeness (QED) is 0.708. The molecule has 0 aliphatic carbocycles. The van der Waals surface area contributed by atoms with Gasteiger partial charge >= 0.3 is 0 Å². The molecule has 0 saturated heterocycles. The molecule has 0 bridgehead atoms. The molecular weight excluding hydrogens is 270 g/mol. The summed E-state index contributed by atoms with van der Waals surface area (Å²) in [6, 6.07) is 18.4. The number of fused-ring (bicyclic) bond motifs is 1. The van der Waals surface area contributed by atoms with Crippen molar-refractivity contribution in [3.8, 4) is 0 Å². The monoisotopic (exact) mass is 289 g/mol. The lowest BCUT2D eigenvalue weighted by atomic mass is 9.92. The van der Waals surface area contributed by atoms with Crippen molar-refractivity contribution in [1.82, 2.24) is 4.98 Å². The van der Waals surface area contributed by atoms with E-state index < -0.39 is 0 Å². The number of aromatic nitrogens is 1. The van der Waals surface area contributed by atoms with Crippen LogP contribution in [-0.2, 0) is 4.79 Å². The Morgan fingerprint density at radius 3 is 2.59 bits per heavy atom. The standard InChI is InChI=1S/C20H19NO/c1-15(22)13-17(12-11-16-7-3-2-4-8-16)19-14-21-20-10-6-5-9-18(19)20/h2-12,14,17,21H,13H2,1H3/b12-11+/t17-/m0/s1. The number of ketones is 1. The number of H-pyrrole nitrogens is 1. The van der Waals surface area contributed by atoms with Crippen LogP contribution in [0.3, 0.4) is 0 Å². The molecule has 110 valence electrons. The Labute approximate surface area is 130 Å². The van der Waals surface area contributed by atoms with Gasteiger partial charge in [0.15, 0.2) is 0 Å². The van der Waals surface area contributed by atoms with Crippen LogP contribution in [0.1, 0.15) is 30.4 Å². The normalized spacial score (nSPS) is 12.8. The Hall–Kier alpha value is -2.61. The second-order valence-corrected chi connectivity index (χ2v) is 5.57. The maximum Gasteiger partial charge on any atom is 0.130 e. The van der Waals surface area contributed by atoms with Crippen LogP contribution in [0.2, 0.25) is 0 Å². The third-order valence-electron chi connectivity index (χ3n) is 3.85. The van der Waals surface area contributed by atoms with E-state index in [0.717, 1.165) is 11.1 Å². The molecule has 1 heterocycles. The molecule has 2 nitrogen and oxygen atoms in total. The first-order valence-corrected chi connectivity index (χ1v) is 7.53. The van der Waals surface area contributed by atoms with E-state index in [2.05, 4.69) is 41.4 Å². The lowest BCUT2D eigenvalue weighted by molar-refractivity contribution is -0.117. The highest BCUT2D eigenvalue weighted by molar-refractivity contribution is 5.85. The zero-order chi connectivity index (χ0) is 15.4. The predicted molar refractivity (Wildman–Crippen MR) is 91.8 cm³/mol. The number of carbonyl (C=O) groups excluding carboxylic acids is 1. The highest BCUT2D eigenvalue weighted by atomic mass is 16.1. The van der Waals surface area contributed by atoms with E-state index in [9.17, 15) is 4.79 Å². The maximum absolute atomic E-state index is 11.7. The second kappa shape index (κ2) is 6.44. The van der Waals surface area contributed by atoms with Gasteiger partial charge in [0.1, 0.15) is 5.78 Å². The number of rotatable bonds is 5. The third kappa shape index (κ3) is 3.17. The fourth-order valence-corrected chi connectivity index (χ4v) is 2.78. The predicted octanol–water partition coefficient (Wildman–Crippen LogP) is 4.94. The Morgan fingerprint density at radius 1 is 1.09 bits per heavy atom. The summed E-state index contributed by atoms with van der Waals surface area (Å²) in [6.07, 6.45) is 6.76. The number of carbonyl (C=O) groups is 1. The summed E-state index contributed by atoms with van der Waals surface area (Å²) in [7, 11) is 0. The van der Waals surface area contributed by atoms with Crippen molar-refractivity contribution in [2.45, 2.75) is 19.3 Å². The van der Waals surface area contributed by atoms with Crippen LogP contribution in [-0.4, -0.2) is 10.8 Å². The van der Waals surface area contributed by atoms with Crippen molar-refractivity contribution in [3.05, 3.63) is 78.0 Å². The van der Waals surface area contributed by atoms with E-state index in [1.165, 1.54) is 10.9 Å². The lowest BCUT2D eigenvalue weighted by Gasteiger charge is -2.10. The van der Waals surface area contributed by atoms with Crippen LogP contribution < -0.4 is 0 Å². The molecule has 3 aromatic rings. The molecule has 0 radical (unpaired) electrons. The summed E-state index contributed by atoms with van der Waals surface area (Å²) in [6.45, 7) is 1.65. The van der Waals surface area contributed by atoms with E-state index in [-0.39, 0.29) is 11.7 Å². The molecule has 0 saturated carbocycles. The van der Waals surface area contributed by atoms with Gasteiger partial charge < -0.3 is 4.98 Å². The van der Waals surface area contributed by atoms with Gasteiger partial charge in [-0.25, -0.2) is 0 Å². The summed E-state index contributed by atoms with van der Waals surface area (Å²) in [5, 5.41) is 1.19. The fourth-order valence-electron chi connectivity index (χ4n) is 2.78. The SMILES string of the molecule is CC(=O)C[C@H](/C=C/c1ccccc1)c1c[nH]c2ccccc12. The molecule has 2 aromatic carbocycles. The number of aromatic amines is 1. The van der Waals surface area contributed by atoms with Gasteiger partial charge in [-0.1, -0.05) is 60.7 Å². The van der Waals surface area contributed by atoms with Crippen molar-refractivity contribution in [2.24, 2.45) is 0 Å². The molecule has 1 aromatic heterocycles. The molecule has 22 heavy (non-hydrogen) atoms. The summed E-state index contributed by atoms with van der Waals surface area (Å²) in [5.41, 5.74) is 3.44. The Bertz CT molecular complexity index is 799. The smallest absolute Gasteiger partial charge is 0.130 e. The van der Waals surface area contributed by atoms with Crippen molar-refractivity contribution in [2.75, 3.05) is 0 Å². The van der Waals surface area contributed by atoms with Gasteiger partial charge in [0, 0.05) is 29.4 Å². The number of hydrogen-bond acceptors (Lipinski definition) is 1. The van der Waals surface area contributed by atoms with Crippen molar-refractivity contribution in [1.29, 1.82) is 0 Å². The van der Waals surface area contributed by atoms with E-state index in [1.807, 2.05) is 36.5 Å². The molecule has 2 heteroatoms. The average molecular weight is 289 g/mol. The topological polar surface area (TPSA) is 32.9 Å². The number of Topliss-reactive ketones (excluding diaryl/α,β-unsaturated/α-hetero) is 1. The van der Waals surface area contributed by atoms with Gasteiger partial charge in [-0.15, -0.1) is 0 Å². The van der Waals surface area contributed by atoms with Crippen LogP contribution in [0.15, 0.2) is 66.9 Å². The van der Waals surface area contributed by atoms with Gasteiger partial charge in [0.2, 0.25) is 0 Å². The molecule has 3 rings (SSSR count). The average Bonchev–Trinajstić information content (AvgIpc) is 2.96. The third-order valence-corrected chi connectivity index (χ3v) is 3.85. The van der Waals surface area contributed by atoms with E-state index in [1.54, 1.807) is 6.92 Å². The zero-order valence-electron chi connectivity index (χ0n) is 12.6. The van der Waals surface area contributed by atoms with Crippen LogP contribution in [0.25, 0.3) is 17.0 Å². The summed E-state index contributed by atoms with van der Waals surface area (Å²) >= 11 is 0. The molecule has 0 aliphatic heterocycles. The number of nitrogens with one attached hydrogen (secondary N) is 1. The van der Waals surface area contributed by atoms with Crippen molar-refractivity contribution in [3.63, 3.8) is 0 Å². The van der Waals surface area contributed by atoms with Crippen molar-refractivity contribution < 1.29 is 4.79 Å². The van der Waals surface area contributed by atoms with Crippen LogP contribution in [0.5, 0.6) is 0 Å². The zero-order valence-corrected chi connectivity index (χ0v) is 12.6.